The highest BCUT2D eigenvalue weighted by Gasteiger charge is 2.48. The van der Waals surface area contributed by atoms with Crippen molar-refractivity contribution in [1.29, 1.82) is 0 Å². The van der Waals surface area contributed by atoms with Gasteiger partial charge in [0.15, 0.2) is 0 Å². The standard InChI is InChI=1S/C33H31F3N4O3/c1-2-19-39-27-21-40(31(42)28(27)29(38-32(39)43)24-15-9-10-16-25(24)33(34,35)36)26(20-23-13-7-4-8-14-23)30(41)37-18-17-22-11-5-3-6-12-22/h2-16,26,29H,1,17-21H2,(H,37,41)(H,38,43). The molecule has 0 fully saturated rings. The highest BCUT2D eigenvalue weighted by Crippen LogP contribution is 2.42. The Kier molecular flexibility index (Phi) is 8.66. The van der Waals surface area contributed by atoms with Crippen LogP contribution in [0.1, 0.15) is 28.3 Å². The molecule has 43 heavy (non-hydrogen) atoms. The lowest BCUT2D eigenvalue weighted by Gasteiger charge is -2.33. The number of urea groups is 1. The summed E-state index contributed by atoms with van der Waals surface area (Å²) in [6.45, 7) is 3.93. The van der Waals surface area contributed by atoms with Crippen LogP contribution in [0.5, 0.6) is 0 Å². The smallest absolute Gasteiger partial charge is 0.354 e. The van der Waals surface area contributed by atoms with E-state index in [1.54, 1.807) is 0 Å². The second-order valence-electron chi connectivity index (χ2n) is 10.4. The third kappa shape index (κ3) is 6.33. The molecule has 0 saturated heterocycles. The number of benzene rings is 3. The SMILES string of the molecule is C=CCN1C(=O)NC(c2ccccc2C(F)(F)F)C2=C1CN(C(Cc1ccccc1)C(=O)NCCc1ccccc1)C2=O. The van der Waals surface area contributed by atoms with Crippen LogP contribution in [0.15, 0.2) is 109 Å². The van der Waals surface area contributed by atoms with Crippen LogP contribution in [0.3, 0.4) is 0 Å². The summed E-state index contributed by atoms with van der Waals surface area (Å²) in [6.07, 6.45) is -2.48. The van der Waals surface area contributed by atoms with E-state index in [4.69, 9.17) is 0 Å². The number of hydrogen-bond acceptors (Lipinski definition) is 3. The van der Waals surface area contributed by atoms with Crippen LogP contribution in [-0.2, 0) is 28.6 Å². The Bertz CT molecular complexity index is 1540. The summed E-state index contributed by atoms with van der Waals surface area (Å²) in [6, 6.07) is 20.7. The summed E-state index contributed by atoms with van der Waals surface area (Å²) < 4.78 is 42.1. The summed E-state index contributed by atoms with van der Waals surface area (Å²) in [5.41, 5.74) is 0.914. The fourth-order valence-electron chi connectivity index (χ4n) is 5.60. The predicted molar refractivity (Wildman–Crippen MR) is 155 cm³/mol. The fraction of sp³-hybridized carbons (Fsp3) is 0.242. The first-order valence-corrected chi connectivity index (χ1v) is 13.9. The number of nitrogens with zero attached hydrogens (tertiary/aromatic N) is 2. The van der Waals surface area contributed by atoms with Crippen LogP contribution in [0.25, 0.3) is 0 Å². The van der Waals surface area contributed by atoms with Gasteiger partial charge in [-0.3, -0.25) is 14.5 Å². The van der Waals surface area contributed by atoms with E-state index in [1.807, 2.05) is 60.7 Å². The van der Waals surface area contributed by atoms with Crippen molar-refractivity contribution in [3.05, 3.63) is 131 Å². The lowest BCUT2D eigenvalue weighted by atomic mass is 9.91. The molecule has 5 rings (SSSR count). The van der Waals surface area contributed by atoms with Crippen LogP contribution in [0.4, 0.5) is 18.0 Å². The Morgan fingerprint density at radius 2 is 1.60 bits per heavy atom. The molecule has 2 heterocycles. The number of amides is 4. The van der Waals surface area contributed by atoms with Gasteiger partial charge in [-0.15, -0.1) is 6.58 Å². The van der Waals surface area contributed by atoms with Crippen LogP contribution in [-0.4, -0.2) is 53.3 Å². The average Bonchev–Trinajstić information content (AvgIpc) is 3.34. The molecule has 2 atom stereocenters. The molecule has 2 aliphatic heterocycles. The topological polar surface area (TPSA) is 81.8 Å². The molecule has 0 aliphatic carbocycles. The van der Waals surface area contributed by atoms with Crippen molar-refractivity contribution in [3.8, 4) is 0 Å². The van der Waals surface area contributed by atoms with Gasteiger partial charge in [-0.2, -0.15) is 13.2 Å². The van der Waals surface area contributed by atoms with E-state index in [0.717, 1.165) is 17.2 Å². The van der Waals surface area contributed by atoms with E-state index < -0.39 is 41.7 Å². The van der Waals surface area contributed by atoms with Crippen molar-refractivity contribution in [2.24, 2.45) is 0 Å². The lowest BCUT2D eigenvalue weighted by molar-refractivity contribution is -0.138. The minimum atomic E-state index is -4.71. The molecule has 3 aromatic rings. The number of carbonyl (C=O) groups excluding carboxylic acids is 3. The molecule has 2 aliphatic rings. The quantitative estimate of drug-likeness (QED) is 0.327. The molecule has 7 nitrogen and oxygen atoms in total. The first-order chi connectivity index (χ1) is 20.7. The zero-order valence-electron chi connectivity index (χ0n) is 23.3. The Morgan fingerprint density at radius 1 is 0.977 bits per heavy atom. The van der Waals surface area contributed by atoms with Crippen LogP contribution >= 0.6 is 0 Å². The van der Waals surface area contributed by atoms with Gasteiger partial charge in [0.1, 0.15) is 6.04 Å². The maximum atomic E-state index is 14.2. The third-order valence-electron chi connectivity index (χ3n) is 7.65. The maximum Gasteiger partial charge on any atom is 0.416 e. The van der Waals surface area contributed by atoms with Crippen molar-refractivity contribution >= 4 is 17.8 Å². The van der Waals surface area contributed by atoms with Crippen molar-refractivity contribution in [2.45, 2.75) is 31.1 Å². The van der Waals surface area contributed by atoms with Gasteiger partial charge in [0.05, 0.1) is 29.4 Å². The minimum Gasteiger partial charge on any atom is -0.354 e. The third-order valence-corrected chi connectivity index (χ3v) is 7.65. The second kappa shape index (κ2) is 12.6. The summed E-state index contributed by atoms with van der Waals surface area (Å²) in [5.74, 6) is -1.00. The number of nitrogens with one attached hydrogen (secondary N) is 2. The molecule has 0 bridgehead atoms. The van der Waals surface area contributed by atoms with Crippen molar-refractivity contribution in [3.63, 3.8) is 0 Å². The molecule has 3 aromatic carbocycles. The predicted octanol–water partition coefficient (Wildman–Crippen LogP) is 5.02. The highest BCUT2D eigenvalue weighted by molar-refractivity contribution is 6.03. The van der Waals surface area contributed by atoms with Gasteiger partial charge in [-0.05, 0) is 29.2 Å². The first-order valence-electron chi connectivity index (χ1n) is 13.9. The molecular weight excluding hydrogens is 557 g/mol. The van der Waals surface area contributed by atoms with E-state index in [9.17, 15) is 27.6 Å². The van der Waals surface area contributed by atoms with Gasteiger partial charge in [-0.25, -0.2) is 4.79 Å². The molecule has 10 heteroatoms. The van der Waals surface area contributed by atoms with E-state index >= 15 is 0 Å². The van der Waals surface area contributed by atoms with Crippen molar-refractivity contribution in [2.75, 3.05) is 19.6 Å². The number of alkyl halides is 3. The second-order valence-corrected chi connectivity index (χ2v) is 10.4. The van der Waals surface area contributed by atoms with Gasteiger partial charge in [0.2, 0.25) is 5.91 Å². The normalized spacial score (nSPS) is 17.4. The number of halogens is 3. The Labute approximate surface area is 247 Å². The maximum absolute atomic E-state index is 14.2. The number of rotatable bonds is 10. The summed E-state index contributed by atoms with van der Waals surface area (Å²) in [4.78, 5) is 43.7. The molecule has 0 aromatic heterocycles. The van der Waals surface area contributed by atoms with Crippen LogP contribution < -0.4 is 10.6 Å². The van der Waals surface area contributed by atoms with Gasteiger partial charge in [0.25, 0.3) is 5.91 Å². The zero-order chi connectivity index (χ0) is 30.6. The van der Waals surface area contributed by atoms with E-state index in [0.29, 0.717) is 13.0 Å². The Morgan fingerprint density at radius 3 is 2.26 bits per heavy atom. The molecular formula is C33H31F3N4O3. The molecule has 0 spiro atoms. The van der Waals surface area contributed by atoms with E-state index in [1.165, 1.54) is 34.1 Å². The minimum absolute atomic E-state index is 0.00768. The monoisotopic (exact) mass is 588 g/mol. The fourth-order valence-corrected chi connectivity index (χ4v) is 5.60. The zero-order valence-corrected chi connectivity index (χ0v) is 23.3. The van der Waals surface area contributed by atoms with Crippen molar-refractivity contribution in [1.82, 2.24) is 20.4 Å². The van der Waals surface area contributed by atoms with Gasteiger partial charge in [-0.1, -0.05) is 84.9 Å². The summed E-state index contributed by atoms with van der Waals surface area (Å²) in [7, 11) is 0. The van der Waals surface area contributed by atoms with Crippen molar-refractivity contribution < 1.29 is 27.6 Å². The van der Waals surface area contributed by atoms with Gasteiger partial charge in [0, 0.05) is 19.5 Å². The average molecular weight is 589 g/mol. The molecule has 0 radical (unpaired) electrons. The first kappa shape index (κ1) is 29.6. The van der Waals surface area contributed by atoms with Crippen LogP contribution in [0.2, 0.25) is 0 Å². The van der Waals surface area contributed by atoms with Gasteiger partial charge < -0.3 is 15.5 Å². The molecule has 0 saturated carbocycles. The number of hydrogen-bond donors (Lipinski definition) is 2. The molecule has 222 valence electrons. The Balaban J connectivity index is 1.49. The highest BCUT2D eigenvalue weighted by atomic mass is 19.4. The molecule has 2 N–H and O–H groups in total. The molecule has 4 amide bonds. The number of carbonyl (C=O) groups is 3. The summed E-state index contributed by atoms with van der Waals surface area (Å²) >= 11 is 0. The summed E-state index contributed by atoms with van der Waals surface area (Å²) in [5, 5.41) is 5.54. The van der Waals surface area contributed by atoms with Gasteiger partial charge >= 0.3 is 12.2 Å². The lowest BCUT2D eigenvalue weighted by Crippen LogP contribution is -2.50. The largest absolute Gasteiger partial charge is 0.416 e. The van der Waals surface area contributed by atoms with Crippen LogP contribution in [0, 0.1) is 0 Å². The van der Waals surface area contributed by atoms with E-state index in [-0.39, 0.29) is 36.3 Å². The molecule has 2 unspecified atom stereocenters. The van der Waals surface area contributed by atoms with E-state index in [2.05, 4.69) is 17.2 Å². The Hall–Kier alpha value is -4.86.